The van der Waals surface area contributed by atoms with Crippen LogP contribution in [0.3, 0.4) is 0 Å². The number of anilines is 2. The molecular weight excluding hydrogens is 257 g/mol. The van der Waals surface area contributed by atoms with Crippen molar-refractivity contribution in [3.05, 3.63) is 53.1 Å². The highest BCUT2D eigenvalue weighted by Gasteiger charge is 2.15. The lowest BCUT2D eigenvalue weighted by Gasteiger charge is -2.12. The standard InChI is InChI=1S/C15H16FN3O/c1-9-7-8-13(10(2)18-9)19-15(20)11-5-4-6-12(16)14(11)17-3/h4-8,17H,1-3H3,(H,19,20). The highest BCUT2D eigenvalue weighted by molar-refractivity contribution is 6.08. The van der Waals surface area contributed by atoms with Crippen LogP contribution in [0.25, 0.3) is 0 Å². The fourth-order valence-electron chi connectivity index (χ4n) is 1.98. The first-order valence-corrected chi connectivity index (χ1v) is 6.25. The number of hydrogen-bond donors (Lipinski definition) is 2. The first-order valence-electron chi connectivity index (χ1n) is 6.25. The first kappa shape index (κ1) is 14.0. The molecule has 0 saturated heterocycles. The third kappa shape index (κ3) is 2.77. The quantitative estimate of drug-likeness (QED) is 0.903. The monoisotopic (exact) mass is 273 g/mol. The number of aromatic nitrogens is 1. The van der Waals surface area contributed by atoms with Crippen LogP contribution in [0.15, 0.2) is 30.3 Å². The minimum absolute atomic E-state index is 0.183. The summed E-state index contributed by atoms with van der Waals surface area (Å²) in [7, 11) is 1.58. The van der Waals surface area contributed by atoms with Gasteiger partial charge in [-0.25, -0.2) is 4.39 Å². The molecule has 0 unspecified atom stereocenters. The maximum atomic E-state index is 13.6. The summed E-state index contributed by atoms with van der Waals surface area (Å²) in [4.78, 5) is 16.5. The van der Waals surface area contributed by atoms with Crippen molar-refractivity contribution in [3.8, 4) is 0 Å². The molecule has 0 bridgehead atoms. The topological polar surface area (TPSA) is 54.0 Å². The maximum Gasteiger partial charge on any atom is 0.257 e. The number of benzene rings is 1. The van der Waals surface area contributed by atoms with Gasteiger partial charge in [0.25, 0.3) is 5.91 Å². The van der Waals surface area contributed by atoms with Crippen molar-refractivity contribution in [2.75, 3.05) is 17.7 Å². The first-order chi connectivity index (χ1) is 9.52. The van der Waals surface area contributed by atoms with Gasteiger partial charge in [-0.2, -0.15) is 0 Å². The van der Waals surface area contributed by atoms with Crippen LogP contribution in [0.2, 0.25) is 0 Å². The van der Waals surface area contributed by atoms with Crippen LogP contribution in [0.4, 0.5) is 15.8 Å². The van der Waals surface area contributed by atoms with Gasteiger partial charge in [0.05, 0.1) is 22.6 Å². The zero-order valence-electron chi connectivity index (χ0n) is 11.6. The molecule has 104 valence electrons. The number of nitrogens with zero attached hydrogens (tertiary/aromatic N) is 1. The molecule has 0 aliphatic rings. The number of hydrogen-bond acceptors (Lipinski definition) is 3. The Hall–Kier alpha value is -2.43. The SMILES string of the molecule is CNc1c(F)cccc1C(=O)Nc1ccc(C)nc1C. The summed E-state index contributed by atoms with van der Waals surface area (Å²) in [6.07, 6.45) is 0. The zero-order chi connectivity index (χ0) is 14.7. The summed E-state index contributed by atoms with van der Waals surface area (Å²) in [6.45, 7) is 3.69. The van der Waals surface area contributed by atoms with Gasteiger partial charge >= 0.3 is 0 Å². The Bertz CT molecular complexity index is 656. The van der Waals surface area contributed by atoms with Gasteiger partial charge < -0.3 is 10.6 Å². The normalized spacial score (nSPS) is 10.2. The molecule has 1 aromatic carbocycles. The predicted molar refractivity (Wildman–Crippen MR) is 77.6 cm³/mol. The fraction of sp³-hybridized carbons (Fsp3) is 0.200. The lowest BCUT2D eigenvalue weighted by atomic mass is 10.1. The Morgan fingerprint density at radius 1 is 1.20 bits per heavy atom. The molecule has 2 N–H and O–H groups in total. The van der Waals surface area contributed by atoms with E-state index in [0.717, 1.165) is 11.4 Å². The van der Waals surface area contributed by atoms with Crippen LogP contribution in [0.5, 0.6) is 0 Å². The zero-order valence-corrected chi connectivity index (χ0v) is 11.6. The van der Waals surface area contributed by atoms with E-state index in [-0.39, 0.29) is 17.2 Å². The van der Waals surface area contributed by atoms with Crippen LogP contribution < -0.4 is 10.6 Å². The van der Waals surface area contributed by atoms with Crippen LogP contribution in [-0.4, -0.2) is 17.9 Å². The lowest BCUT2D eigenvalue weighted by molar-refractivity contribution is 0.102. The third-order valence-corrected chi connectivity index (χ3v) is 2.98. The number of para-hydroxylation sites is 1. The van der Waals surface area contributed by atoms with E-state index in [1.54, 1.807) is 19.2 Å². The lowest BCUT2D eigenvalue weighted by Crippen LogP contribution is -2.16. The van der Waals surface area contributed by atoms with E-state index in [1.165, 1.54) is 12.1 Å². The average Bonchev–Trinajstić information content (AvgIpc) is 2.41. The number of rotatable bonds is 3. The summed E-state index contributed by atoms with van der Waals surface area (Å²) in [5.41, 5.74) is 2.66. The van der Waals surface area contributed by atoms with Gasteiger partial charge in [0.15, 0.2) is 0 Å². The van der Waals surface area contributed by atoms with Crippen molar-refractivity contribution in [2.45, 2.75) is 13.8 Å². The van der Waals surface area contributed by atoms with E-state index in [4.69, 9.17) is 0 Å². The van der Waals surface area contributed by atoms with Crippen molar-refractivity contribution in [3.63, 3.8) is 0 Å². The molecule has 0 atom stereocenters. The van der Waals surface area contributed by atoms with Crippen molar-refractivity contribution in [2.24, 2.45) is 0 Å². The highest BCUT2D eigenvalue weighted by atomic mass is 19.1. The highest BCUT2D eigenvalue weighted by Crippen LogP contribution is 2.21. The largest absolute Gasteiger partial charge is 0.385 e. The van der Waals surface area contributed by atoms with Crippen molar-refractivity contribution >= 4 is 17.3 Å². The van der Waals surface area contributed by atoms with Gasteiger partial charge in [0.1, 0.15) is 5.82 Å². The Morgan fingerprint density at radius 2 is 1.95 bits per heavy atom. The molecule has 1 aromatic heterocycles. The van der Waals surface area contributed by atoms with Crippen LogP contribution in [0.1, 0.15) is 21.7 Å². The molecule has 0 saturated carbocycles. The second-order valence-corrected chi connectivity index (χ2v) is 4.45. The Balaban J connectivity index is 2.31. The Labute approximate surface area is 117 Å². The van der Waals surface area contributed by atoms with Crippen LogP contribution in [-0.2, 0) is 0 Å². The summed E-state index contributed by atoms with van der Waals surface area (Å²) < 4.78 is 13.6. The van der Waals surface area contributed by atoms with Crippen LogP contribution in [0, 0.1) is 19.7 Å². The summed E-state index contributed by atoms with van der Waals surface area (Å²) in [5.74, 6) is -0.832. The molecule has 5 heteroatoms. The Morgan fingerprint density at radius 3 is 2.60 bits per heavy atom. The number of nitrogens with one attached hydrogen (secondary N) is 2. The van der Waals surface area contributed by atoms with Gasteiger partial charge in [0, 0.05) is 12.7 Å². The Kier molecular flexibility index (Phi) is 3.98. The van der Waals surface area contributed by atoms with E-state index in [0.29, 0.717) is 5.69 Å². The van der Waals surface area contributed by atoms with E-state index in [1.807, 2.05) is 19.9 Å². The number of halogens is 1. The number of carbonyl (C=O) groups excluding carboxylic acids is 1. The molecule has 0 spiro atoms. The minimum Gasteiger partial charge on any atom is -0.385 e. The molecule has 0 radical (unpaired) electrons. The fourth-order valence-corrected chi connectivity index (χ4v) is 1.98. The summed E-state index contributed by atoms with van der Waals surface area (Å²) in [5, 5.41) is 5.45. The predicted octanol–water partition coefficient (Wildman–Crippen LogP) is 3.13. The van der Waals surface area contributed by atoms with Crippen molar-refractivity contribution < 1.29 is 9.18 Å². The van der Waals surface area contributed by atoms with Gasteiger partial charge in [-0.05, 0) is 38.1 Å². The second kappa shape index (κ2) is 5.69. The van der Waals surface area contributed by atoms with E-state index in [9.17, 15) is 9.18 Å². The molecule has 0 aliphatic carbocycles. The third-order valence-electron chi connectivity index (χ3n) is 2.98. The molecule has 4 nitrogen and oxygen atoms in total. The molecule has 2 aromatic rings. The number of carbonyl (C=O) groups is 1. The van der Waals surface area contributed by atoms with Crippen LogP contribution >= 0.6 is 0 Å². The van der Waals surface area contributed by atoms with E-state index in [2.05, 4.69) is 15.6 Å². The van der Waals surface area contributed by atoms with Crippen molar-refractivity contribution in [1.82, 2.24) is 4.98 Å². The number of aryl methyl sites for hydroxylation is 2. The molecule has 0 aliphatic heterocycles. The number of pyridine rings is 1. The van der Waals surface area contributed by atoms with Gasteiger partial charge in [-0.3, -0.25) is 9.78 Å². The van der Waals surface area contributed by atoms with Crippen molar-refractivity contribution in [1.29, 1.82) is 0 Å². The molecule has 20 heavy (non-hydrogen) atoms. The van der Waals surface area contributed by atoms with Gasteiger partial charge in [0.2, 0.25) is 0 Å². The molecule has 1 heterocycles. The van der Waals surface area contributed by atoms with Gasteiger partial charge in [-0.15, -0.1) is 0 Å². The summed E-state index contributed by atoms with van der Waals surface area (Å²) in [6, 6.07) is 7.98. The minimum atomic E-state index is -0.459. The molecular formula is C15H16FN3O. The molecule has 0 fully saturated rings. The number of amides is 1. The smallest absolute Gasteiger partial charge is 0.257 e. The molecule has 2 rings (SSSR count). The van der Waals surface area contributed by atoms with E-state index < -0.39 is 5.82 Å². The van der Waals surface area contributed by atoms with Gasteiger partial charge in [-0.1, -0.05) is 6.07 Å². The van der Waals surface area contributed by atoms with E-state index >= 15 is 0 Å². The summed E-state index contributed by atoms with van der Waals surface area (Å²) >= 11 is 0. The average molecular weight is 273 g/mol. The second-order valence-electron chi connectivity index (χ2n) is 4.45. The molecule has 1 amide bonds. The maximum absolute atomic E-state index is 13.6.